The van der Waals surface area contributed by atoms with Gasteiger partial charge in [-0.25, -0.2) is 0 Å². The maximum Gasteiger partial charge on any atom is 0.0995 e. The average Bonchev–Trinajstić information content (AvgIpc) is 2.73. The molecular weight excluding hydrogens is 260 g/mol. The van der Waals surface area contributed by atoms with E-state index >= 15 is 0 Å². The molecule has 1 aliphatic carbocycles. The predicted octanol–water partition coefficient (Wildman–Crippen LogP) is 3.19. The Labute approximate surface area is 127 Å². The minimum atomic E-state index is 0.381. The van der Waals surface area contributed by atoms with E-state index in [4.69, 9.17) is 10.00 Å². The Balaban J connectivity index is 1.63. The highest BCUT2D eigenvalue weighted by Gasteiger charge is 2.43. The van der Waals surface area contributed by atoms with Gasteiger partial charge in [-0.15, -0.1) is 0 Å². The Morgan fingerprint density at radius 1 is 1.24 bits per heavy atom. The number of fused-ring (bicyclic) bond motifs is 2. The summed E-state index contributed by atoms with van der Waals surface area (Å²) < 4.78 is 6.25. The first kappa shape index (κ1) is 14.6. The molecule has 1 aromatic carbocycles. The Kier molecular flexibility index (Phi) is 4.28. The summed E-state index contributed by atoms with van der Waals surface area (Å²) in [4.78, 5) is 2.59. The summed E-state index contributed by atoms with van der Waals surface area (Å²) in [6, 6.07) is 10.7. The van der Waals surface area contributed by atoms with Crippen molar-refractivity contribution in [2.75, 3.05) is 13.1 Å². The topological polar surface area (TPSA) is 36.3 Å². The van der Waals surface area contributed by atoms with Crippen molar-refractivity contribution in [1.29, 1.82) is 5.26 Å². The number of benzene rings is 1. The van der Waals surface area contributed by atoms with Crippen LogP contribution in [0.15, 0.2) is 24.3 Å². The first-order valence-electron chi connectivity index (χ1n) is 8.02. The third-order valence-electron chi connectivity index (χ3n) is 5.07. The lowest BCUT2D eigenvalue weighted by Gasteiger charge is -2.40. The van der Waals surface area contributed by atoms with Gasteiger partial charge < -0.3 is 9.64 Å². The lowest BCUT2D eigenvalue weighted by atomic mass is 9.94. The molecule has 3 atom stereocenters. The van der Waals surface area contributed by atoms with Crippen LogP contribution in [0.1, 0.15) is 37.8 Å². The van der Waals surface area contributed by atoms with Gasteiger partial charge in [0.15, 0.2) is 0 Å². The molecule has 3 rings (SSSR count). The molecule has 0 aromatic heterocycles. The molecule has 1 saturated carbocycles. The smallest absolute Gasteiger partial charge is 0.0995 e. The molecular formula is C18H24N2O. The number of nitrogens with zero attached hydrogens (tertiary/aromatic N) is 2. The SMILES string of the molecule is CC(C)N1C[C@H]2CC[C@@H](C1)C2OCc1ccccc1C#N. The average molecular weight is 284 g/mol. The van der Waals surface area contributed by atoms with E-state index in [-0.39, 0.29) is 0 Å². The normalized spacial score (nSPS) is 28.8. The highest BCUT2D eigenvalue weighted by atomic mass is 16.5. The van der Waals surface area contributed by atoms with Crippen LogP contribution in [0.5, 0.6) is 0 Å². The van der Waals surface area contributed by atoms with Gasteiger partial charge in [0, 0.05) is 19.1 Å². The monoisotopic (exact) mass is 284 g/mol. The molecule has 0 amide bonds. The second-order valence-electron chi connectivity index (χ2n) is 6.69. The van der Waals surface area contributed by atoms with Crippen LogP contribution >= 0.6 is 0 Å². The zero-order valence-electron chi connectivity index (χ0n) is 13.0. The number of piperidine rings is 1. The molecule has 0 spiro atoms. The van der Waals surface area contributed by atoms with Crippen LogP contribution in [0.4, 0.5) is 0 Å². The molecule has 21 heavy (non-hydrogen) atoms. The van der Waals surface area contributed by atoms with Gasteiger partial charge in [-0.2, -0.15) is 5.26 Å². The van der Waals surface area contributed by atoms with Crippen molar-refractivity contribution in [2.24, 2.45) is 11.8 Å². The van der Waals surface area contributed by atoms with E-state index in [9.17, 15) is 0 Å². The summed E-state index contributed by atoms with van der Waals surface area (Å²) in [5.41, 5.74) is 1.76. The van der Waals surface area contributed by atoms with Gasteiger partial charge in [-0.05, 0) is 50.2 Å². The molecule has 3 nitrogen and oxygen atoms in total. The van der Waals surface area contributed by atoms with E-state index in [1.165, 1.54) is 25.9 Å². The van der Waals surface area contributed by atoms with Crippen molar-refractivity contribution >= 4 is 0 Å². The number of hydrogen-bond donors (Lipinski definition) is 0. The summed E-state index contributed by atoms with van der Waals surface area (Å²) in [5.74, 6) is 1.33. The minimum absolute atomic E-state index is 0.381. The number of hydrogen-bond acceptors (Lipinski definition) is 3. The third kappa shape index (κ3) is 2.97. The first-order chi connectivity index (χ1) is 10.2. The molecule has 0 N–H and O–H groups in total. The molecule has 1 unspecified atom stereocenters. The van der Waals surface area contributed by atoms with Crippen LogP contribution in [-0.2, 0) is 11.3 Å². The molecule has 1 aromatic rings. The second-order valence-corrected chi connectivity index (χ2v) is 6.69. The van der Waals surface area contributed by atoms with E-state index in [0.717, 1.165) is 11.1 Å². The zero-order valence-corrected chi connectivity index (χ0v) is 13.0. The fraction of sp³-hybridized carbons (Fsp3) is 0.611. The summed E-state index contributed by atoms with van der Waals surface area (Å²) >= 11 is 0. The van der Waals surface area contributed by atoms with Crippen LogP contribution in [0, 0.1) is 23.2 Å². The first-order valence-corrected chi connectivity index (χ1v) is 8.02. The second kappa shape index (κ2) is 6.17. The predicted molar refractivity (Wildman–Crippen MR) is 82.7 cm³/mol. The summed E-state index contributed by atoms with van der Waals surface area (Å²) in [6.45, 7) is 7.47. The Morgan fingerprint density at radius 2 is 1.90 bits per heavy atom. The maximum atomic E-state index is 9.16. The molecule has 1 aliphatic heterocycles. The summed E-state index contributed by atoms with van der Waals surface area (Å²) in [5, 5.41) is 9.16. The molecule has 2 fully saturated rings. The Morgan fingerprint density at radius 3 is 2.52 bits per heavy atom. The molecule has 1 heterocycles. The molecule has 2 bridgehead atoms. The van der Waals surface area contributed by atoms with E-state index in [2.05, 4.69) is 24.8 Å². The molecule has 112 valence electrons. The van der Waals surface area contributed by atoms with Crippen LogP contribution in [-0.4, -0.2) is 30.1 Å². The van der Waals surface area contributed by atoms with Gasteiger partial charge >= 0.3 is 0 Å². The lowest BCUT2D eigenvalue weighted by Crippen LogP contribution is -2.48. The van der Waals surface area contributed by atoms with Crippen molar-refractivity contribution in [3.63, 3.8) is 0 Å². The van der Waals surface area contributed by atoms with Crippen LogP contribution < -0.4 is 0 Å². The fourth-order valence-corrected chi connectivity index (χ4v) is 3.84. The largest absolute Gasteiger partial charge is 0.373 e. The molecule has 3 heteroatoms. The Hall–Kier alpha value is -1.37. The lowest BCUT2D eigenvalue weighted by molar-refractivity contribution is -0.0564. The van der Waals surface area contributed by atoms with E-state index in [0.29, 0.717) is 30.6 Å². The maximum absolute atomic E-state index is 9.16. The summed E-state index contributed by atoms with van der Waals surface area (Å²) in [7, 11) is 0. The summed E-state index contributed by atoms with van der Waals surface area (Å²) in [6.07, 6.45) is 2.96. The van der Waals surface area contributed by atoms with Gasteiger partial charge in [0.05, 0.1) is 24.3 Å². The highest BCUT2D eigenvalue weighted by molar-refractivity contribution is 5.36. The van der Waals surface area contributed by atoms with E-state index in [1.807, 2.05) is 24.3 Å². The number of rotatable bonds is 4. The van der Waals surface area contributed by atoms with Crippen molar-refractivity contribution in [2.45, 2.75) is 45.4 Å². The van der Waals surface area contributed by atoms with Crippen LogP contribution in [0.2, 0.25) is 0 Å². The quantitative estimate of drug-likeness (QED) is 0.852. The van der Waals surface area contributed by atoms with E-state index in [1.54, 1.807) is 0 Å². The molecule has 2 aliphatic rings. The highest BCUT2D eigenvalue weighted by Crippen LogP contribution is 2.39. The van der Waals surface area contributed by atoms with Gasteiger partial charge in [0.1, 0.15) is 0 Å². The number of likely N-dealkylation sites (tertiary alicyclic amines) is 1. The van der Waals surface area contributed by atoms with E-state index < -0.39 is 0 Å². The van der Waals surface area contributed by atoms with Gasteiger partial charge in [0.25, 0.3) is 0 Å². The zero-order chi connectivity index (χ0) is 14.8. The standard InChI is InChI=1S/C18H24N2O/c1-13(2)20-10-15-7-8-16(11-20)18(15)21-12-17-6-4-3-5-14(17)9-19/h3-6,13,15-16,18H,7-8,10-12H2,1-2H3/t15-,16+,18?. The van der Waals surface area contributed by atoms with Gasteiger partial charge in [-0.3, -0.25) is 0 Å². The van der Waals surface area contributed by atoms with Gasteiger partial charge in [-0.1, -0.05) is 18.2 Å². The van der Waals surface area contributed by atoms with Crippen LogP contribution in [0.3, 0.4) is 0 Å². The fourth-order valence-electron chi connectivity index (χ4n) is 3.84. The van der Waals surface area contributed by atoms with Crippen molar-refractivity contribution in [1.82, 2.24) is 4.90 Å². The minimum Gasteiger partial charge on any atom is -0.373 e. The van der Waals surface area contributed by atoms with Gasteiger partial charge in [0.2, 0.25) is 0 Å². The Bertz CT molecular complexity index is 520. The number of ether oxygens (including phenoxy) is 1. The number of nitriles is 1. The third-order valence-corrected chi connectivity index (χ3v) is 5.07. The van der Waals surface area contributed by atoms with Crippen molar-refractivity contribution in [3.05, 3.63) is 35.4 Å². The molecule has 0 radical (unpaired) electrons. The van der Waals surface area contributed by atoms with Crippen molar-refractivity contribution < 1.29 is 4.74 Å². The van der Waals surface area contributed by atoms with Crippen LogP contribution in [0.25, 0.3) is 0 Å². The molecule has 1 saturated heterocycles. The van der Waals surface area contributed by atoms with Crippen molar-refractivity contribution in [3.8, 4) is 6.07 Å².